The maximum Gasteiger partial charge on any atom is 0.284 e. The second-order valence-electron chi connectivity index (χ2n) is 5.74. The summed E-state index contributed by atoms with van der Waals surface area (Å²) in [6.07, 6.45) is 0.973. The molecular formula is C17H21N3O4. The van der Waals surface area contributed by atoms with Crippen molar-refractivity contribution in [2.45, 2.75) is 40.0 Å². The number of benzene rings is 1. The number of nitro benzene ring substituents is 1. The summed E-state index contributed by atoms with van der Waals surface area (Å²) in [5.41, 5.74) is 2.76. The fourth-order valence-corrected chi connectivity index (χ4v) is 2.69. The third-order valence-corrected chi connectivity index (χ3v) is 4.10. The second kappa shape index (κ2) is 7.25. The average Bonchev–Trinajstić information content (AvgIpc) is 2.87. The molecule has 7 heteroatoms. The Labute approximate surface area is 140 Å². The average molecular weight is 331 g/mol. The number of rotatable bonds is 6. The molecule has 0 spiro atoms. The summed E-state index contributed by atoms with van der Waals surface area (Å²) >= 11 is 0. The molecular weight excluding hydrogens is 310 g/mol. The Kier molecular flexibility index (Phi) is 5.33. The van der Waals surface area contributed by atoms with Crippen molar-refractivity contribution in [1.29, 1.82) is 0 Å². The van der Waals surface area contributed by atoms with Gasteiger partial charge in [-0.1, -0.05) is 13.8 Å². The molecule has 24 heavy (non-hydrogen) atoms. The summed E-state index contributed by atoms with van der Waals surface area (Å²) < 4.78 is 6.79. The van der Waals surface area contributed by atoms with Crippen molar-refractivity contribution >= 4 is 11.6 Å². The number of non-ortho nitro benzene ring substituents is 1. The number of aryl methyl sites for hydroxylation is 1. The highest BCUT2D eigenvalue weighted by molar-refractivity contribution is 5.80. The van der Waals surface area contributed by atoms with Crippen LogP contribution in [0.5, 0.6) is 5.75 Å². The number of aromatic nitrogens is 2. The van der Waals surface area contributed by atoms with E-state index in [1.54, 1.807) is 0 Å². The topological polar surface area (TPSA) is 87.3 Å². The lowest BCUT2D eigenvalue weighted by atomic mass is 9.97. The third-order valence-electron chi connectivity index (χ3n) is 4.10. The number of nitro groups is 1. The molecule has 0 bridgehead atoms. The molecule has 1 aromatic carbocycles. The van der Waals surface area contributed by atoms with Crippen LogP contribution in [0.1, 0.15) is 47.9 Å². The second-order valence-corrected chi connectivity index (χ2v) is 5.74. The number of carbonyl (C=O) groups excluding carboxylic acids is 1. The summed E-state index contributed by atoms with van der Waals surface area (Å²) in [6.45, 7) is 7.81. The fourth-order valence-electron chi connectivity index (χ4n) is 2.69. The zero-order chi connectivity index (χ0) is 17.9. The van der Waals surface area contributed by atoms with E-state index in [9.17, 15) is 14.9 Å². The van der Waals surface area contributed by atoms with Crippen LogP contribution in [0, 0.1) is 24.0 Å². The van der Waals surface area contributed by atoms with Crippen molar-refractivity contribution < 1.29 is 14.5 Å². The van der Waals surface area contributed by atoms with Gasteiger partial charge in [0.25, 0.3) is 11.6 Å². The molecule has 0 aliphatic heterocycles. The van der Waals surface area contributed by atoms with Gasteiger partial charge in [-0.3, -0.25) is 14.9 Å². The molecule has 2 rings (SSSR count). The molecule has 0 radical (unpaired) electrons. The maximum atomic E-state index is 12.4. The predicted molar refractivity (Wildman–Crippen MR) is 89.6 cm³/mol. The molecule has 0 saturated heterocycles. The molecule has 0 aliphatic carbocycles. The van der Waals surface area contributed by atoms with Gasteiger partial charge in [0.15, 0.2) is 6.61 Å². The van der Waals surface area contributed by atoms with Gasteiger partial charge in [0, 0.05) is 17.8 Å². The Bertz CT molecular complexity index is 750. The zero-order valence-corrected chi connectivity index (χ0v) is 14.3. The van der Waals surface area contributed by atoms with E-state index >= 15 is 0 Å². The van der Waals surface area contributed by atoms with E-state index in [1.165, 1.54) is 28.9 Å². The first-order valence-electron chi connectivity index (χ1n) is 7.81. The van der Waals surface area contributed by atoms with Crippen LogP contribution in [-0.4, -0.2) is 27.2 Å². The Hall–Kier alpha value is -2.70. The minimum atomic E-state index is -0.485. The summed E-state index contributed by atoms with van der Waals surface area (Å²) in [7, 11) is 0. The number of hydrogen-bond donors (Lipinski definition) is 0. The molecule has 0 amide bonds. The van der Waals surface area contributed by atoms with E-state index in [-0.39, 0.29) is 18.2 Å². The van der Waals surface area contributed by atoms with E-state index < -0.39 is 4.92 Å². The molecule has 1 heterocycles. The van der Waals surface area contributed by atoms with Gasteiger partial charge in [-0.25, -0.2) is 4.68 Å². The van der Waals surface area contributed by atoms with Crippen LogP contribution in [0.3, 0.4) is 0 Å². The van der Waals surface area contributed by atoms with Gasteiger partial charge < -0.3 is 4.74 Å². The van der Waals surface area contributed by atoms with Crippen molar-refractivity contribution in [2.24, 2.45) is 0 Å². The molecule has 7 nitrogen and oxygen atoms in total. The SMILES string of the molecule is CCC(C)c1c(C)nn(C(=O)COc2ccc([N+](=O)[O-])cc2)c1C. The Morgan fingerprint density at radius 2 is 1.96 bits per heavy atom. The Balaban J connectivity index is 2.09. The third kappa shape index (κ3) is 3.61. The molecule has 1 atom stereocenters. The largest absolute Gasteiger partial charge is 0.484 e. The smallest absolute Gasteiger partial charge is 0.284 e. The fraction of sp³-hybridized carbons (Fsp3) is 0.412. The quantitative estimate of drug-likeness (QED) is 0.595. The Morgan fingerprint density at radius 3 is 2.50 bits per heavy atom. The van der Waals surface area contributed by atoms with E-state index in [2.05, 4.69) is 18.9 Å². The number of hydrogen-bond acceptors (Lipinski definition) is 5. The molecule has 0 N–H and O–H groups in total. The summed E-state index contributed by atoms with van der Waals surface area (Å²) in [5, 5.41) is 14.9. The van der Waals surface area contributed by atoms with Crippen molar-refractivity contribution in [1.82, 2.24) is 9.78 Å². The first-order valence-corrected chi connectivity index (χ1v) is 7.81. The minimum Gasteiger partial charge on any atom is -0.484 e. The van der Waals surface area contributed by atoms with Crippen LogP contribution in [0.2, 0.25) is 0 Å². The first-order chi connectivity index (χ1) is 11.3. The highest BCUT2D eigenvalue weighted by Gasteiger charge is 2.20. The van der Waals surface area contributed by atoms with Gasteiger partial charge in [-0.15, -0.1) is 0 Å². The van der Waals surface area contributed by atoms with Crippen LogP contribution in [0.25, 0.3) is 0 Å². The van der Waals surface area contributed by atoms with Gasteiger partial charge in [-0.2, -0.15) is 5.10 Å². The van der Waals surface area contributed by atoms with E-state index in [4.69, 9.17) is 4.74 Å². The highest BCUT2D eigenvalue weighted by Crippen LogP contribution is 2.25. The van der Waals surface area contributed by atoms with E-state index in [1.807, 2.05) is 13.8 Å². The lowest BCUT2D eigenvalue weighted by Crippen LogP contribution is -2.21. The standard InChI is InChI=1S/C17H21N3O4/c1-5-11(2)17-12(3)18-19(13(17)4)16(21)10-24-15-8-6-14(7-9-15)20(22)23/h6-9,11H,5,10H2,1-4H3. The molecule has 0 saturated carbocycles. The molecule has 1 aromatic heterocycles. The summed E-state index contributed by atoms with van der Waals surface area (Å²) in [6, 6.07) is 5.61. The predicted octanol–water partition coefficient (Wildman–Crippen LogP) is 3.64. The van der Waals surface area contributed by atoms with Gasteiger partial charge >= 0.3 is 0 Å². The maximum absolute atomic E-state index is 12.4. The summed E-state index contributed by atoms with van der Waals surface area (Å²) in [4.78, 5) is 22.5. The van der Waals surface area contributed by atoms with Crippen molar-refractivity contribution in [3.8, 4) is 5.75 Å². The lowest BCUT2D eigenvalue weighted by Gasteiger charge is -2.10. The van der Waals surface area contributed by atoms with Gasteiger partial charge in [0.1, 0.15) is 5.75 Å². The molecule has 2 aromatic rings. The Morgan fingerprint density at radius 1 is 1.33 bits per heavy atom. The van der Waals surface area contributed by atoms with Crippen molar-refractivity contribution in [3.63, 3.8) is 0 Å². The van der Waals surface area contributed by atoms with E-state index in [0.29, 0.717) is 11.7 Å². The molecule has 128 valence electrons. The van der Waals surface area contributed by atoms with Gasteiger partial charge in [0.2, 0.25) is 0 Å². The highest BCUT2D eigenvalue weighted by atomic mass is 16.6. The monoisotopic (exact) mass is 331 g/mol. The number of carbonyl (C=O) groups is 1. The van der Waals surface area contributed by atoms with Crippen LogP contribution >= 0.6 is 0 Å². The van der Waals surface area contributed by atoms with Crippen LogP contribution in [0.4, 0.5) is 5.69 Å². The lowest BCUT2D eigenvalue weighted by molar-refractivity contribution is -0.384. The van der Waals surface area contributed by atoms with Crippen molar-refractivity contribution in [2.75, 3.05) is 6.61 Å². The van der Waals surface area contributed by atoms with Crippen LogP contribution < -0.4 is 4.74 Å². The number of ether oxygens (including phenoxy) is 1. The number of nitrogens with zero attached hydrogens (tertiary/aromatic N) is 3. The minimum absolute atomic E-state index is 0.0228. The molecule has 0 fully saturated rings. The van der Waals surface area contributed by atoms with Crippen LogP contribution in [-0.2, 0) is 0 Å². The first kappa shape index (κ1) is 17.7. The van der Waals surface area contributed by atoms with Gasteiger partial charge in [-0.05, 0) is 43.9 Å². The zero-order valence-electron chi connectivity index (χ0n) is 14.3. The van der Waals surface area contributed by atoms with Crippen molar-refractivity contribution in [3.05, 3.63) is 51.3 Å². The summed E-state index contributed by atoms with van der Waals surface area (Å²) in [5.74, 6) is 0.461. The molecule has 1 unspecified atom stereocenters. The van der Waals surface area contributed by atoms with E-state index in [0.717, 1.165) is 23.4 Å². The molecule has 0 aliphatic rings. The normalized spacial score (nSPS) is 12.0. The van der Waals surface area contributed by atoms with Gasteiger partial charge in [0.05, 0.1) is 10.6 Å². The van der Waals surface area contributed by atoms with Crippen LogP contribution in [0.15, 0.2) is 24.3 Å².